The van der Waals surface area contributed by atoms with Gasteiger partial charge in [0.15, 0.2) is 0 Å². The minimum absolute atomic E-state index is 0.0400. The Morgan fingerprint density at radius 3 is 2.46 bits per heavy atom. The van der Waals surface area contributed by atoms with E-state index in [4.69, 9.17) is 4.52 Å². The Balaban J connectivity index is 1.79. The lowest BCUT2D eigenvalue weighted by atomic mass is 10.2. The largest absolute Gasteiger partial charge is 0.337 e. The van der Waals surface area contributed by atoms with Crippen molar-refractivity contribution in [2.75, 3.05) is 0 Å². The quantitative estimate of drug-likeness (QED) is 0.511. The predicted molar refractivity (Wildman–Crippen MR) is 79.1 cm³/mol. The van der Waals surface area contributed by atoms with Gasteiger partial charge in [-0.15, -0.1) is 0 Å². The van der Waals surface area contributed by atoms with Crippen LogP contribution in [0.5, 0.6) is 0 Å². The molecule has 0 bridgehead atoms. The summed E-state index contributed by atoms with van der Waals surface area (Å²) in [6, 6.07) is 5.70. The Morgan fingerprint density at radius 2 is 1.88 bits per heavy atom. The molecule has 0 unspecified atom stereocenters. The molecule has 0 spiro atoms. The van der Waals surface area contributed by atoms with Crippen molar-refractivity contribution in [3.63, 3.8) is 0 Å². The van der Waals surface area contributed by atoms with Crippen molar-refractivity contribution < 1.29 is 14.4 Å². The number of hydrogen-bond acceptors (Lipinski definition) is 8. The number of hydrogen-bond donors (Lipinski definition) is 0. The molecule has 2 aromatic heterocycles. The van der Waals surface area contributed by atoms with Gasteiger partial charge in [0, 0.05) is 17.7 Å². The second-order valence-electron chi connectivity index (χ2n) is 4.87. The van der Waals surface area contributed by atoms with E-state index in [1.54, 1.807) is 0 Å². The second-order valence-corrected chi connectivity index (χ2v) is 4.87. The maximum Gasteiger partial charge on any atom is 0.309 e. The van der Waals surface area contributed by atoms with Crippen LogP contribution in [0.2, 0.25) is 0 Å². The van der Waals surface area contributed by atoms with Crippen molar-refractivity contribution in [2.24, 2.45) is 0 Å². The maximum absolute atomic E-state index is 10.8. The van der Waals surface area contributed by atoms with E-state index >= 15 is 0 Å². The van der Waals surface area contributed by atoms with Crippen LogP contribution >= 0.6 is 0 Å². The number of aryl methyl sites for hydroxylation is 1. The number of nitro benzene ring substituents is 1. The highest BCUT2D eigenvalue weighted by molar-refractivity contribution is 5.56. The minimum atomic E-state index is -0.519. The molecule has 3 rings (SSSR count). The monoisotopic (exact) mass is 330 g/mol. The summed E-state index contributed by atoms with van der Waals surface area (Å²) < 4.78 is 6.42. The smallest absolute Gasteiger partial charge is 0.309 e. The van der Waals surface area contributed by atoms with Crippen molar-refractivity contribution in [1.29, 1.82) is 0 Å². The SMILES string of the molecule is Cc1nn(Cc2nc(-c3ccc([N+](=O)[O-])cc3)no2)cc1[N+](=O)[O-]. The van der Waals surface area contributed by atoms with E-state index in [0.717, 1.165) is 0 Å². The van der Waals surface area contributed by atoms with Crippen LogP contribution in [0.1, 0.15) is 11.6 Å². The maximum atomic E-state index is 10.8. The fourth-order valence-electron chi connectivity index (χ4n) is 2.07. The summed E-state index contributed by atoms with van der Waals surface area (Å²) in [5.41, 5.74) is 0.709. The molecule has 0 aliphatic rings. The number of rotatable bonds is 5. The molecule has 0 fully saturated rings. The molecule has 0 atom stereocenters. The Labute approximate surface area is 133 Å². The van der Waals surface area contributed by atoms with Gasteiger partial charge in [0.2, 0.25) is 11.7 Å². The Bertz CT molecular complexity index is 913. The van der Waals surface area contributed by atoms with E-state index < -0.39 is 9.85 Å². The molecule has 11 heteroatoms. The summed E-state index contributed by atoms with van der Waals surface area (Å²) in [6.45, 7) is 1.61. The van der Waals surface area contributed by atoms with Gasteiger partial charge in [0.1, 0.15) is 18.4 Å². The topological polar surface area (TPSA) is 143 Å². The third-order valence-corrected chi connectivity index (χ3v) is 3.22. The molecule has 2 heterocycles. The van der Waals surface area contributed by atoms with Crippen LogP contribution in [0.3, 0.4) is 0 Å². The molecule has 24 heavy (non-hydrogen) atoms. The highest BCUT2D eigenvalue weighted by Crippen LogP contribution is 2.20. The van der Waals surface area contributed by atoms with Crippen LogP contribution in [0.25, 0.3) is 11.4 Å². The third-order valence-electron chi connectivity index (χ3n) is 3.22. The van der Waals surface area contributed by atoms with Gasteiger partial charge in [-0.3, -0.25) is 24.9 Å². The number of nitrogens with zero attached hydrogens (tertiary/aromatic N) is 6. The van der Waals surface area contributed by atoms with Crippen LogP contribution in [0.4, 0.5) is 11.4 Å². The number of benzene rings is 1. The van der Waals surface area contributed by atoms with Gasteiger partial charge in [-0.05, 0) is 19.1 Å². The highest BCUT2D eigenvalue weighted by Gasteiger charge is 2.17. The zero-order chi connectivity index (χ0) is 17.3. The van der Waals surface area contributed by atoms with E-state index in [1.165, 1.54) is 42.1 Å². The molecule has 0 radical (unpaired) electrons. The van der Waals surface area contributed by atoms with Gasteiger partial charge < -0.3 is 4.52 Å². The third kappa shape index (κ3) is 2.95. The average Bonchev–Trinajstić information content (AvgIpc) is 3.14. The summed E-state index contributed by atoms with van der Waals surface area (Å²) in [4.78, 5) is 24.6. The van der Waals surface area contributed by atoms with Gasteiger partial charge >= 0.3 is 5.69 Å². The van der Waals surface area contributed by atoms with Gasteiger partial charge in [-0.2, -0.15) is 10.1 Å². The van der Waals surface area contributed by atoms with Crippen LogP contribution in [0.15, 0.2) is 35.0 Å². The summed E-state index contributed by atoms with van der Waals surface area (Å²) in [7, 11) is 0. The first kappa shape index (κ1) is 15.3. The first-order valence-electron chi connectivity index (χ1n) is 6.70. The molecular weight excluding hydrogens is 320 g/mol. The summed E-state index contributed by atoms with van der Waals surface area (Å²) in [6.07, 6.45) is 1.28. The van der Waals surface area contributed by atoms with Crippen molar-refractivity contribution in [1.82, 2.24) is 19.9 Å². The Hall–Kier alpha value is -3.63. The van der Waals surface area contributed by atoms with Gasteiger partial charge in [-0.25, -0.2) is 0 Å². The normalized spacial score (nSPS) is 10.7. The second kappa shape index (κ2) is 5.87. The zero-order valence-corrected chi connectivity index (χ0v) is 12.3. The molecule has 1 aromatic carbocycles. The molecular formula is C13H10N6O5. The van der Waals surface area contributed by atoms with Gasteiger partial charge in [0.05, 0.1) is 9.85 Å². The molecule has 11 nitrogen and oxygen atoms in total. The van der Waals surface area contributed by atoms with E-state index in [2.05, 4.69) is 15.2 Å². The van der Waals surface area contributed by atoms with Gasteiger partial charge in [0.25, 0.3) is 5.69 Å². The van der Waals surface area contributed by atoms with Crippen molar-refractivity contribution in [2.45, 2.75) is 13.5 Å². The minimum Gasteiger partial charge on any atom is -0.337 e. The molecule has 0 saturated heterocycles. The van der Waals surface area contributed by atoms with Crippen molar-refractivity contribution in [3.8, 4) is 11.4 Å². The predicted octanol–water partition coefficient (Wildman–Crippen LogP) is 2.11. The summed E-state index contributed by atoms with van der Waals surface area (Å²) in [5, 5.41) is 29.2. The first-order chi connectivity index (χ1) is 11.4. The highest BCUT2D eigenvalue weighted by atomic mass is 16.6. The summed E-state index contributed by atoms with van der Waals surface area (Å²) >= 11 is 0. The Morgan fingerprint density at radius 1 is 1.17 bits per heavy atom. The molecule has 122 valence electrons. The van der Waals surface area contributed by atoms with E-state index in [0.29, 0.717) is 5.56 Å². The number of nitro groups is 2. The average molecular weight is 330 g/mol. The molecule has 0 amide bonds. The molecule has 0 aliphatic heterocycles. The van der Waals surface area contributed by atoms with Gasteiger partial charge in [-0.1, -0.05) is 5.16 Å². The molecule has 0 aliphatic carbocycles. The standard InChI is InChI=1S/C13H10N6O5/c1-8-11(19(22)23)6-17(15-8)7-12-14-13(16-24-12)9-2-4-10(5-3-9)18(20)21/h2-6H,7H2,1H3. The van der Waals surface area contributed by atoms with E-state index in [9.17, 15) is 20.2 Å². The lowest BCUT2D eigenvalue weighted by molar-refractivity contribution is -0.385. The van der Waals surface area contributed by atoms with E-state index in [-0.39, 0.29) is 35.3 Å². The van der Waals surface area contributed by atoms with E-state index in [1.807, 2.05) is 0 Å². The van der Waals surface area contributed by atoms with Crippen LogP contribution in [-0.2, 0) is 6.54 Å². The zero-order valence-electron chi connectivity index (χ0n) is 12.3. The number of aromatic nitrogens is 4. The Kier molecular flexibility index (Phi) is 3.74. The van der Waals surface area contributed by atoms with Crippen molar-refractivity contribution in [3.05, 3.63) is 62.3 Å². The fourth-order valence-corrected chi connectivity index (χ4v) is 2.07. The molecule has 0 N–H and O–H groups in total. The summed E-state index contributed by atoms with van der Waals surface area (Å²) in [5.74, 6) is 0.471. The lowest BCUT2D eigenvalue weighted by Gasteiger charge is -1.94. The van der Waals surface area contributed by atoms with Crippen LogP contribution in [-0.4, -0.2) is 29.8 Å². The lowest BCUT2D eigenvalue weighted by Crippen LogP contribution is -2.00. The van der Waals surface area contributed by atoms with Crippen LogP contribution < -0.4 is 0 Å². The molecule has 3 aromatic rings. The van der Waals surface area contributed by atoms with Crippen molar-refractivity contribution >= 4 is 11.4 Å². The molecule has 0 saturated carbocycles. The fraction of sp³-hybridized carbons (Fsp3) is 0.154. The van der Waals surface area contributed by atoms with Crippen LogP contribution in [0, 0.1) is 27.2 Å². The number of non-ortho nitro benzene ring substituents is 1. The first-order valence-corrected chi connectivity index (χ1v) is 6.70.